The van der Waals surface area contributed by atoms with Crippen molar-refractivity contribution < 1.29 is 13.9 Å². The molecule has 0 saturated carbocycles. The monoisotopic (exact) mass is 226 g/mol. The Hall–Kier alpha value is -1.62. The number of ether oxygens (including phenoxy) is 1. The van der Waals surface area contributed by atoms with Crippen molar-refractivity contribution in [1.82, 2.24) is 0 Å². The van der Waals surface area contributed by atoms with E-state index in [1.807, 2.05) is 6.92 Å². The molecule has 5 heteroatoms. The Morgan fingerprint density at radius 3 is 2.94 bits per heavy atom. The Morgan fingerprint density at radius 1 is 1.56 bits per heavy atom. The molecule has 0 unspecified atom stereocenters. The van der Waals surface area contributed by atoms with Crippen LogP contribution in [0.2, 0.25) is 0 Å². The van der Waals surface area contributed by atoms with Crippen molar-refractivity contribution in [2.45, 2.75) is 13.3 Å². The Balaban J connectivity index is 2.46. The Bertz CT molecular complexity index is 369. The highest BCUT2D eigenvalue weighted by Gasteiger charge is 2.04. The molecule has 1 aromatic carbocycles. The summed E-state index contributed by atoms with van der Waals surface area (Å²) in [7, 11) is 0. The van der Waals surface area contributed by atoms with E-state index in [1.165, 1.54) is 18.2 Å². The van der Waals surface area contributed by atoms with Crippen LogP contribution in [-0.2, 0) is 9.53 Å². The largest absolute Gasteiger partial charge is 0.396 e. The highest BCUT2D eigenvalue weighted by atomic mass is 19.1. The van der Waals surface area contributed by atoms with Gasteiger partial charge >= 0.3 is 0 Å². The first-order valence-electron chi connectivity index (χ1n) is 5.06. The summed E-state index contributed by atoms with van der Waals surface area (Å²) < 4.78 is 17.9. The van der Waals surface area contributed by atoms with Crippen LogP contribution in [0.4, 0.5) is 15.8 Å². The fourth-order valence-electron chi connectivity index (χ4n) is 1.15. The summed E-state index contributed by atoms with van der Waals surface area (Å²) in [6, 6.07) is 4.06. The molecule has 0 saturated heterocycles. The molecule has 3 N–H and O–H groups in total. The molecule has 0 radical (unpaired) electrons. The van der Waals surface area contributed by atoms with E-state index in [2.05, 4.69) is 5.32 Å². The molecule has 1 aromatic rings. The molecule has 0 aliphatic carbocycles. The van der Waals surface area contributed by atoms with Gasteiger partial charge in [0.05, 0.1) is 18.7 Å². The van der Waals surface area contributed by atoms with Crippen LogP contribution in [0.3, 0.4) is 0 Å². The molecule has 0 aliphatic rings. The van der Waals surface area contributed by atoms with E-state index in [0.717, 1.165) is 0 Å². The van der Waals surface area contributed by atoms with Gasteiger partial charge < -0.3 is 15.8 Å². The summed E-state index contributed by atoms with van der Waals surface area (Å²) >= 11 is 0. The highest BCUT2D eigenvalue weighted by molar-refractivity contribution is 5.91. The van der Waals surface area contributed by atoms with Crippen molar-refractivity contribution in [3.05, 3.63) is 24.0 Å². The van der Waals surface area contributed by atoms with Crippen LogP contribution >= 0.6 is 0 Å². The third-order valence-electron chi connectivity index (χ3n) is 1.96. The zero-order chi connectivity index (χ0) is 12.0. The second-order valence-corrected chi connectivity index (χ2v) is 3.23. The number of carbonyl (C=O) groups excluding carboxylic acids is 1. The van der Waals surface area contributed by atoms with Gasteiger partial charge in [-0.25, -0.2) is 4.39 Å². The predicted molar refractivity (Wildman–Crippen MR) is 60.6 cm³/mol. The summed E-state index contributed by atoms with van der Waals surface area (Å²) in [5, 5.41) is 2.60. The minimum absolute atomic E-state index is 0.0163. The standard InChI is InChI=1S/C11H15FN2O2/c1-2-16-6-5-11(15)14-8-3-4-9(12)10(13)7-8/h3-4,7H,2,5-6,13H2,1H3,(H,14,15). The molecule has 4 nitrogen and oxygen atoms in total. The Morgan fingerprint density at radius 2 is 2.31 bits per heavy atom. The zero-order valence-electron chi connectivity index (χ0n) is 9.13. The molecule has 0 atom stereocenters. The third-order valence-corrected chi connectivity index (χ3v) is 1.96. The normalized spacial score (nSPS) is 10.1. The quantitative estimate of drug-likeness (QED) is 0.594. The van der Waals surface area contributed by atoms with Crippen molar-refractivity contribution >= 4 is 17.3 Å². The minimum atomic E-state index is -0.493. The maximum atomic E-state index is 12.8. The van der Waals surface area contributed by atoms with Gasteiger partial charge in [0.2, 0.25) is 5.91 Å². The number of halogens is 1. The Labute approximate surface area is 93.6 Å². The molecule has 88 valence electrons. The lowest BCUT2D eigenvalue weighted by Gasteiger charge is -2.06. The average Bonchev–Trinajstić information content (AvgIpc) is 2.24. The number of nitrogens with two attached hydrogens (primary N) is 1. The van der Waals surface area contributed by atoms with Crippen molar-refractivity contribution in [1.29, 1.82) is 0 Å². The molecule has 0 aromatic heterocycles. The van der Waals surface area contributed by atoms with Gasteiger partial charge in [0.1, 0.15) is 5.82 Å². The number of hydrogen-bond acceptors (Lipinski definition) is 3. The maximum absolute atomic E-state index is 12.8. The molecule has 0 fully saturated rings. The van der Waals surface area contributed by atoms with E-state index in [0.29, 0.717) is 18.9 Å². The van der Waals surface area contributed by atoms with Crippen LogP contribution in [-0.4, -0.2) is 19.1 Å². The van der Waals surface area contributed by atoms with E-state index >= 15 is 0 Å². The molecule has 0 bridgehead atoms. The van der Waals surface area contributed by atoms with E-state index in [-0.39, 0.29) is 18.0 Å². The number of nitrogens with one attached hydrogen (secondary N) is 1. The van der Waals surface area contributed by atoms with Gasteiger partial charge in [-0.1, -0.05) is 0 Å². The van der Waals surface area contributed by atoms with Gasteiger partial charge in [-0.3, -0.25) is 4.79 Å². The molecule has 0 heterocycles. The van der Waals surface area contributed by atoms with Crippen molar-refractivity contribution in [2.75, 3.05) is 24.3 Å². The number of carbonyl (C=O) groups is 1. The van der Waals surface area contributed by atoms with Crippen molar-refractivity contribution in [3.63, 3.8) is 0 Å². The van der Waals surface area contributed by atoms with Crippen molar-refractivity contribution in [2.24, 2.45) is 0 Å². The fraction of sp³-hybridized carbons (Fsp3) is 0.364. The summed E-state index contributed by atoms with van der Waals surface area (Å²) in [4.78, 5) is 11.4. The second-order valence-electron chi connectivity index (χ2n) is 3.23. The lowest BCUT2D eigenvalue weighted by atomic mass is 10.2. The van der Waals surface area contributed by atoms with E-state index < -0.39 is 5.82 Å². The second kappa shape index (κ2) is 6.07. The molecular weight excluding hydrogens is 211 g/mol. The Kier molecular flexibility index (Phi) is 4.72. The summed E-state index contributed by atoms with van der Waals surface area (Å²) in [5.74, 6) is -0.674. The molecule has 1 rings (SSSR count). The van der Waals surface area contributed by atoms with Crippen LogP contribution in [0.1, 0.15) is 13.3 Å². The summed E-state index contributed by atoms with van der Waals surface area (Å²) in [6.45, 7) is 2.81. The van der Waals surface area contributed by atoms with Crippen LogP contribution < -0.4 is 11.1 Å². The summed E-state index contributed by atoms with van der Waals surface area (Å²) in [6.07, 6.45) is 0.269. The fourth-order valence-corrected chi connectivity index (χ4v) is 1.15. The SMILES string of the molecule is CCOCCC(=O)Nc1ccc(F)c(N)c1. The van der Waals surface area contributed by atoms with Crippen LogP contribution in [0.25, 0.3) is 0 Å². The lowest BCUT2D eigenvalue weighted by Crippen LogP contribution is -2.14. The van der Waals surface area contributed by atoms with E-state index in [9.17, 15) is 9.18 Å². The van der Waals surface area contributed by atoms with Crippen LogP contribution in [0.15, 0.2) is 18.2 Å². The van der Waals surface area contributed by atoms with Gasteiger partial charge in [0.15, 0.2) is 0 Å². The average molecular weight is 226 g/mol. The smallest absolute Gasteiger partial charge is 0.226 e. The van der Waals surface area contributed by atoms with Crippen LogP contribution in [0.5, 0.6) is 0 Å². The number of rotatable bonds is 5. The van der Waals surface area contributed by atoms with Gasteiger partial charge in [-0.05, 0) is 25.1 Å². The van der Waals surface area contributed by atoms with Crippen LogP contribution in [0, 0.1) is 5.82 Å². The topological polar surface area (TPSA) is 64.3 Å². The molecule has 0 spiro atoms. The van der Waals surface area contributed by atoms with E-state index in [4.69, 9.17) is 10.5 Å². The number of anilines is 2. The molecule has 1 amide bonds. The van der Waals surface area contributed by atoms with Gasteiger partial charge in [0, 0.05) is 12.3 Å². The number of benzene rings is 1. The van der Waals surface area contributed by atoms with Crippen molar-refractivity contribution in [3.8, 4) is 0 Å². The highest BCUT2D eigenvalue weighted by Crippen LogP contribution is 2.16. The van der Waals surface area contributed by atoms with Gasteiger partial charge in [-0.2, -0.15) is 0 Å². The first-order chi connectivity index (χ1) is 7.63. The molecule has 0 aliphatic heterocycles. The number of amides is 1. The third kappa shape index (κ3) is 3.86. The lowest BCUT2D eigenvalue weighted by molar-refractivity contribution is -0.117. The maximum Gasteiger partial charge on any atom is 0.226 e. The zero-order valence-corrected chi connectivity index (χ0v) is 9.13. The molecular formula is C11H15FN2O2. The first-order valence-corrected chi connectivity index (χ1v) is 5.06. The summed E-state index contributed by atoms with van der Waals surface area (Å²) in [5.41, 5.74) is 5.87. The van der Waals surface area contributed by atoms with Gasteiger partial charge in [-0.15, -0.1) is 0 Å². The molecule has 16 heavy (non-hydrogen) atoms. The predicted octanol–water partition coefficient (Wildman–Crippen LogP) is 1.77. The van der Waals surface area contributed by atoms with Gasteiger partial charge in [0.25, 0.3) is 0 Å². The first kappa shape index (κ1) is 12.4. The minimum Gasteiger partial charge on any atom is -0.396 e. The van der Waals surface area contributed by atoms with E-state index in [1.54, 1.807) is 0 Å². The number of nitrogen functional groups attached to an aromatic ring is 1. The number of hydrogen-bond donors (Lipinski definition) is 2.